The molecular weight excluding hydrogens is 406 g/mol. The Hall–Kier alpha value is -3.46. The summed E-state index contributed by atoms with van der Waals surface area (Å²) < 4.78 is 5.47. The number of hydrogen-bond donors (Lipinski definition) is 2. The molecule has 0 radical (unpaired) electrons. The third kappa shape index (κ3) is 4.43. The number of rotatable bonds is 5. The van der Waals surface area contributed by atoms with Crippen LogP contribution < -0.4 is 15.2 Å². The lowest BCUT2D eigenvalue weighted by Gasteiger charge is -2.30. The van der Waals surface area contributed by atoms with Crippen LogP contribution in [0.5, 0.6) is 5.75 Å². The summed E-state index contributed by atoms with van der Waals surface area (Å²) in [5, 5.41) is 16.7. The lowest BCUT2D eigenvalue weighted by molar-refractivity contribution is 0.122. The first kappa shape index (κ1) is 20.4. The van der Waals surface area contributed by atoms with Crippen LogP contribution in [-0.2, 0) is 4.74 Å². The predicted molar refractivity (Wildman–Crippen MR) is 126 cm³/mol. The molecule has 2 aliphatic rings. The van der Waals surface area contributed by atoms with Crippen LogP contribution in [0.2, 0.25) is 0 Å². The van der Waals surface area contributed by atoms with Gasteiger partial charge in [0.15, 0.2) is 0 Å². The summed E-state index contributed by atoms with van der Waals surface area (Å²) in [7, 11) is 0. The van der Waals surface area contributed by atoms with Crippen LogP contribution in [0.1, 0.15) is 24.8 Å². The third-order valence-electron chi connectivity index (χ3n) is 5.85. The Morgan fingerprint density at radius 3 is 2.38 bits per heavy atom. The first-order valence-electron chi connectivity index (χ1n) is 11.1. The van der Waals surface area contributed by atoms with Crippen LogP contribution in [0, 0.1) is 0 Å². The van der Waals surface area contributed by atoms with Gasteiger partial charge in [0.25, 0.3) is 0 Å². The van der Waals surface area contributed by atoms with Crippen molar-refractivity contribution in [1.82, 2.24) is 15.0 Å². The van der Waals surface area contributed by atoms with E-state index in [4.69, 9.17) is 9.72 Å². The number of nitrogens with zero attached hydrogens (tertiary/aromatic N) is 6. The lowest BCUT2D eigenvalue weighted by atomic mass is 10.0. The van der Waals surface area contributed by atoms with Gasteiger partial charge in [0, 0.05) is 31.7 Å². The fourth-order valence-corrected chi connectivity index (χ4v) is 4.12. The monoisotopic (exact) mass is 433 g/mol. The summed E-state index contributed by atoms with van der Waals surface area (Å²) in [5.74, 6) is 1.87. The van der Waals surface area contributed by atoms with Gasteiger partial charge in [0.2, 0.25) is 17.8 Å². The van der Waals surface area contributed by atoms with Crippen molar-refractivity contribution in [3.8, 4) is 5.75 Å². The van der Waals surface area contributed by atoms with Gasteiger partial charge in [-0.05, 0) is 36.1 Å². The number of phenols is 1. The van der Waals surface area contributed by atoms with Crippen molar-refractivity contribution >= 4 is 34.8 Å². The largest absolute Gasteiger partial charge is 0.507 e. The molecular formula is C23H27N7O2. The van der Waals surface area contributed by atoms with E-state index in [1.54, 1.807) is 12.3 Å². The van der Waals surface area contributed by atoms with Crippen LogP contribution in [-0.4, -0.2) is 65.7 Å². The SMILES string of the molecule is Oc1ccc2ccccc2c1/C=N\Nc1nc(N2CCCCC2)nc(N2CCOCC2)n1. The maximum atomic E-state index is 10.3. The Morgan fingerprint density at radius 2 is 1.59 bits per heavy atom. The van der Waals surface area contributed by atoms with E-state index in [0.29, 0.717) is 36.6 Å². The minimum Gasteiger partial charge on any atom is -0.507 e. The Bertz CT molecular complexity index is 1070. The fraction of sp³-hybridized carbons (Fsp3) is 0.391. The average molecular weight is 434 g/mol. The first-order valence-corrected chi connectivity index (χ1v) is 11.1. The van der Waals surface area contributed by atoms with Crippen LogP contribution in [0.25, 0.3) is 10.8 Å². The van der Waals surface area contributed by atoms with Crippen molar-refractivity contribution < 1.29 is 9.84 Å². The van der Waals surface area contributed by atoms with E-state index in [1.165, 1.54) is 6.42 Å². The molecule has 5 rings (SSSR count). The van der Waals surface area contributed by atoms with Gasteiger partial charge in [0.1, 0.15) is 5.75 Å². The maximum Gasteiger partial charge on any atom is 0.250 e. The molecule has 3 aromatic rings. The number of benzene rings is 2. The van der Waals surface area contributed by atoms with Crippen molar-refractivity contribution in [2.45, 2.75) is 19.3 Å². The highest BCUT2D eigenvalue weighted by Gasteiger charge is 2.20. The van der Waals surface area contributed by atoms with Gasteiger partial charge in [-0.1, -0.05) is 30.3 Å². The molecule has 0 bridgehead atoms. The highest BCUT2D eigenvalue weighted by Crippen LogP contribution is 2.26. The van der Waals surface area contributed by atoms with E-state index in [0.717, 1.165) is 49.8 Å². The zero-order valence-electron chi connectivity index (χ0n) is 17.9. The van der Waals surface area contributed by atoms with Crippen LogP contribution in [0.15, 0.2) is 41.5 Å². The summed E-state index contributed by atoms with van der Waals surface area (Å²) in [6.07, 6.45) is 5.12. The van der Waals surface area contributed by atoms with E-state index < -0.39 is 0 Å². The van der Waals surface area contributed by atoms with Gasteiger partial charge in [-0.2, -0.15) is 20.1 Å². The van der Waals surface area contributed by atoms with Crippen LogP contribution in [0.3, 0.4) is 0 Å². The predicted octanol–water partition coefficient (Wildman–Crippen LogP) is 3.00. The molecule has 0 atom stereocenters. The van der Waals surface area contributed by atoms with E-state index in [1.807, 2.05) is 30.3 Å². The average Bonchev–Trinajstić information content (AvgIpc) is 2.86. The zero-order valence-corrected chi connectivity index (χ0v) is 17.9. The van der Waals surface area contributed by atoms with Crippen molar-refractivity contribution in [3.05, 3.63) is 42.0 Å². The molecule has 0 unspecified atom stereocenters. The molecule has 9 heteroatoms. The quantitative estimate of drug-likeness (QED) is 0.468. The number of morpholine rings is 1. The molecule has 2 fully saturated rings. The molecule has 0 amide bonds. The second-order valence-corrected chi connectivity index (χ2v) is 8.00. The number of aromatic nitrogens is 3. The Labute approximate surface area is 186 Å². The molecule has 0 spiro atoms. The minimum absolute atomic E-state index is 0.174. The van der Waals surface area contributed by atoms with Crippen LogP contribution in [0.4, 0.5) is 17.8 Å². The van der Waals surface area contributed by atoms with Gasteiger partial charge >= 0.3 is 0 Å². The van der Waals surface area contributed by atoms with Crippen molar-refractivity contribution in [2.75, 3.05) is 54.6 Å². The van der Waals surface area contributed by atoms with Crippen molar-refractivity contribution in [2.24, 2.45) is 5.10 Å². The molecule has 1 aromatic heterocycles. The number of hydrazone groups is 1. The first-order chi connectivity index (χ1) is 15.8. The number of hydrogen-bond acceptors (Lipinski definition) is 9. The highest BCUT2D eigenvalue weighted by atomic mass is 16.5. The Morgan fingerprint density at radius 1 is 0.875 bits per heavy atom. The minimum atomic E-state index is 0.174. The molecule has 3 heterocycles. The second-order valence-electron chi connectivity index (χ2n) is 8.00. The summed E-state index contributed by atoms with van der Waals surface area (Å²) in [6, 6.07) is 11.4. The number of fused-ring (bicyclic) bond motifs is 1. The molecule has 2 saturated heterocycles. The van der Waals surface area contributed by atoms with E-state index in [-0.39, 0.29) is 5.75 Å². The standard InChI is InChI=1S/C23H27N7O2/c31-20-9-8-17-6-2-3-7-18(17)19(20)16-24-28-21-25-22(29-10-4-1-5-11-29)27-23(26-21)30-12-14-32-15-13-30/h2-3,6-9,16,31H,1,4-5,10-15H2,(H,25,26,27,28)/b24-16-. The Balaban J connectivity index is 1.43. The number of piperidine rings is 1. The van der Waals surface area contributed by atoms with Crippen LogP contribution >= 0.6 is 0 Å². The van der Waals surface area contributed by atoms with Gasteiger partial charge in [-0.15, -0.1) is 0 Å². The Kier molecular flexibility index (Phi) is 5.98. The normalized spacial score (nSPS) is 17.2. The lowest BCUT2D eigenvalue weighted by Crippen LogP contribution is -2.38. The summed E-state index contributed by atoms with van der Waals surface area (Å²) in [5.41, 5.74) is 3.60. The fourth-order valence-electron chi connectivity index (χ4n) is 4.12. The number of anilines is 3. The summed E-state index contributed by atoms with van der Waals surface area (Å²) in [4.78, 5) is 18.3. The van der Waals surface area contributed by atoms with E-state index >= 15 is 0 Å². The number of ether oxygens (including phenoxy) is 1. The third-order valence-corrected chi connectivity index (χ3v) is 5.85. The molecule has 0 saturated carbocycles. The van der Waals surface area contributed by atoms with Gasteiger partial charge < -0.3 is 19.6 Å². The molecule has 2 N–H and O–H groups in total. The molecule has 2 aliphatic heterocycles. The number of nitrogens with one attached hydrogen (secondary N) is 1. The topological polar surface area (TPSA) is 99.0 Å². The second kappa shape index (κ2) is 9.35. The smallest absolute Gasteiger partial charge is 0.250 e. The van der Waals surface area contributed by atoms with E-state index in [2.05, 4.69) is 30.3 Å². The van der Waals surface area contributed by atoms with Gasteiger partial charge in [0.05, 0.1) is 19.4 Å². The molecule has 32 heavy (non-hydrogen) atoms. The van der Waals surface area contributed by atoms with Crippen molar-refractivity contribution in [1.29, 1.82) is 0 Å². The highest BCUT2D eigenvalue weighted by molar-refractivity contribution is 6.02. The van der Waals surface area contributed by atoms with Gasteiger partial charge in [-0.25, -0.2) is 5.43 Å². The van der Waals surface area contributed by atoms with E-state index in [9.17, 15) is 5.11 Å². The maximum absolute atomic E-state index is 10.3. The van der Waals surface area contributed by atoms with Crippen molar-refractivity contribution in [3.63, 3.8) is 0 Å². The molecule has 2 aromatic carbocycles. The molecule has 9 nitrogen and oxygen atoms in total. The summed E-state index contributed by atoms with van der Waals surface area (Å²) in [6.45, 7) is 4.70. The molecule has 166 valence electrons. The zero-order chi connectivity index (χ0) is 21.8. The molecule has 0 aliphatic carbocycles. The van der Waals surface area contributed by atoms with Gasteiger partial charge in [-0.3, -0.25) is 0 Å². The summed E-state index contributed by atoms with van der Waals surface area (Å²) >= 11 is 0. The number of phenolic OH excluding ortho intramolecular Hbond substituents is 1. The number of aromatic hydroxyl groups is 1.